The molecule has 0 N–H and O–H groups in total. The SMILES string of the molecule is CC(C)N(Cc1ccccc1)C(=O)On1nnn(C2CC2)c1=O. The van der Waals surface area contributed by atoms with Crippen LogP contribution >= 0.6 is 0 Å². The van der Waals surface area contributed by atoms with Gasteiger partial charge in [0.1, 0.15) is 0 Å². The fourth-order valence-electron chi connectivity index (χ4n) is 2.21. The second kappa shape index (κ2) is 6.23. The van der Waals surface area contributed by atoms with Crippen molar-refractivity contribution in [1.82, 2.24) is 24.9 Å². The Morgan fingerprint density at radius 3 is 2.61 bits per heavy atom. The minimum Gasteiger partial charge on any atom is -0.300 e. The molecule has 0 atom stereocenters. The van der Waals surface area contributed by atoms with Crippen LogP contribution in [0.5, 0.6) is 0 Å². The highest BCUT2D eigenvalue weighted by atomic mass is 16.7. The van der Waals surface area contributed by atoms with Gasteiger partial charge in [0.2, 0.25) is 0 Å². The number of rotatable bonds is 5. The summed E-state index contributed by atoms with van der Waals surface area (Å²) in [6.45, 7) is 4.16. The molecule has 0 radical (unpaired) electrons. The van der Waals surface area contributed by atoms with Crippen molar-refractivity contribution in [1.29, 1.82) is 0 Å². The van der Waals surface area contributed by atoms with Gasteiger partial charge in [-0.15, -0.1) is 0 Å². The van der Waals surface area contributed by atoms with Crippen molar-refractivity contribution >= 4 is 6.09 Å². The third kappa shape index (κ3) is 3.41. The molecule has 1 aliphatic rings. The molecule has 0 saturated heterocycles. The molecule has 3 rings (SSSR count). The average molecular weight is 317 g/mol. The highest BCUT2D eigenvalue weighted by Crippen LogP contribution is 2.32. The number of carbonyl (C=O) groups is 1. The molecule has 1 fully saturated rings. The van der Waals surface area contributed by atoms with Crippen molar-refractivity contribution in [2.75, 3.05) is 0 Å². The zero-order valence-electron chi connectivity index (χ0n) is 13.1. The number of amides is 1. The summed E-state index contributed by atoms with van der Waals surface area (Å²) in [5.41, 5.74) is 0.455. The maximum atomic E-state index is 12.4. The molecule has 0 aliphatic heterocycles. The summed E-state index contributed by atoms with van der Waals surface area (Å²) in [5.74, 6) is 0. The molecule has 1 aromatic carbocycles. The maximum Gasteiger partial charge on any atom is 0.436 e. The highest BCUT2D eigenvalue weighted by Gasteiger charge is 2.29. The van der Waals surface area contributed by atoms with E-state index in [4.69, 9.17) is 4.84 Å². The van der Waals surface area contributed by atoms with Crippen LogP contribution in [0.25, 0.3) is 0 Å². The second-order valence-corrected chi connectivity index (χ2v) is 5.87. The first-order valence-electron chi connectivity index (χ1n) is 7.63. The van der Waals surface area contributed by atoms with Gasteiger partial charge in [0.05, 0.1) is 6.04 Å². The molecule has 8 nitrogen and oxygen atoms in total. The Balaban J connectivity index is 1.72. The average Bonchev–Trinajstić information content (AvgIpc) is 3.31. The van der Waals surface area contributed by atoms with E-state index in [0.29, 0.717) is 11.4 Å². The third-order valence-corrected chi connectivity index (χ3v) is 3.69. The number of hydrogen-bond donors (Lipinski definition) is 0. The quantitative estimate of drug-likeness (QED) is 0.775. The molecule has 1 amide bonds. The van der Waals surface area contributed by atoms with E-state index in [1.807, 2.05) is 44.2 Å². The largest absolute Gasteiger partial charge is 0.436 e. The van der Waals surface area contributed by atoms with Crippen LogP contribution in [0.3, 0.4) is 0 Å². The van der Waals surface area contributed by atoms with Crippen molar-refractivity contribution in [3.8, 4) is 0 Å². The van der Waals surface area contributed by atoms with Crippen LogP contribution in [0, 0.1) is 0 Å². The molecule has 1 aliphatic carbocycles. The summed E-state index contributed by atoms with van der Waals surface area (Å²) >= 11 is 0. The minimum absolute atomic E-state index is 0.0838. The highest BCUT2D eigenvalue weighted by molar-refractivity contribution is 5.68. The predicted molar refractivity (Wildman–Crippen MR) is 81.7 cm³/mol. The number of carbonyl (C=O) groups excluding carboxylic acids is 1. The summed E-state index contributed by atoms with van der Waals surface area (Å²) in [5, 5.41) is 7.35. The van der Waals surface area contributed by atoms with Gasteiger partial charge in [0, 0.05) is 12.6 Å². The number of benzene rings is 1. The summed E-state index contributed by atoms with van der Waals surface area (Å²) in [4.78, 5) is 31.7. The number of aromatic nitrogens is 4. The van der Waals surface area contributed by atoms with Crippen molar-refractivity contribution < 1.29 is 9.63 Å². The summed E-state index contributed by atoms with van der Waals surface area (Å²) in [6, 6.07) is 9.58. The molecule has 2 aromatic rings. The van der Waals surface area contributed by atoms with Gasteiger partial charge in [-0.3, -0.25) is 9.74 Å². The summed E-state index contributed by atoms with van der Waals surface area (Å²) in [7, 11) is 0. The monoisotopic (exact) mass is 317 g/mol. The zero-order valence-corrected chi connectivity index (χ0v) is 13.1. The van der Waals surface area contributed by atoms with Crippen LogP contribution in [0.15, 0.2) is 35.1 Å². The standard InChI is InChI=1S/C15H19N5O3/c1-11(2)18(10-12-6-4-3-5-7-12)15(22)23-20-14(21)19(16-17-20)13-8-9-13/h3-7,11,13H,8-10H2,1-2H3. The van der Waals surface area contributed by atoms with E-state index in [1.54, 1.807) is 0 Å². The Morgan fingerprint density at radius 1 is 1.30 bits per heavy atom. The number of nitrogens with zero attached hydrogens (tertiary/aromatic N) is 5. The first-order valence-corrected chi connectivity index (χ1v) is 7.63. The molecule has 1 saturated carbocycles. The smallest absolute Gasteiger partial charge is 0.300 e. The molecule has 122 valence electrons. The van der Waals surface area contributed by atoms with Gasteiger partial charge in [0.15, 0.2) is 0 Å². The molecular weight excluding hydrogens is 298 g/mol. The Hall–Kier alpha value is -2.64. The van der Waals surface area contributed by atoms with Crippen LogP contribution in [0.1, 0.15) is 38.3 Å². The van der Waals surface area contributed by atoms with Crippen LogP contribution < -0.4 is 10.5 Å². The van der Waals surface area contributed by atoms with E-state index in [1.165, 1.54) is 9.58 Å². The van der Waals surface area contributed by atoms with Gasteiger partial charge in [0.25, 0.3) is 0 Å². The molecule has 23 heavy (non-hydrogen) atoms. The Labute approximate surface area is 133 Å². The van der Waals surface area contributed by atoms with Crippen molar-refractivity contribution in [3.63, 3.8) is 0 Å². The van der Waals surface area contributed by atoms with E-state index in [9.17, 15) is 9.59 Å². The van der Waals surface area contributed by atoms with Crippen LogP contribution in [0.4, 0.5) is 4.79 Å². The molecule has 1 aromatic heterocycles. The van der Waals surface area contributed by atoms with E-state index >= 15 is 0 Å². The fourth-order valence-corrected chi connectivity index (χ4v) is 2.21. The van der Waals surface area contributed by atoms with Gasteiger partial charge in [-0.1, -0.05) is 30.3 Å². The Kier molecular flexibility index (Phi) is 4.14. The molecule has 0 spiro atoms. The molecular formula is C15H19N5O3. The summed E-state index contributed by atoms with van der Waals surface area (Å²) in [6.07, 6.45) is 1.17. The number of tetrazole rings is 1. The van der Waals surface area contributed by atoms with E-state index in [-0.39, 0.29) is 12.1 Å². The van der Waals surface area contributed by atoms with E-state index in [0.717, 1.165) is 18.4 Å². The predicted octanol–water partition coefficient (Wildman–Crippen LogP) is 1.23. The van der Waals surface area contributed by atoms with Crippen LogP contribution in [0.2, 0.25) is 0 Å². The van der Waals surface area contributed by atoms with Gasteiger partial charge in [-0.05, 0) is 47.5 Å². The second-order valence-electron chi connectivity index (χ2n) is 5.87. The lowest BCUT2D eigenvalue weighted by molar-refractivity contribution is 0.0614. The Morgan fingerprint density at radius 2 is 2.00 bits per heavy atom. The van der Waals surface area contributed by atoms with Crippen LogP contribution in [-0.4, -0.2) is 37.0 Å². The van der Waals surface area contributed by atoms with Gasteiger partial charge < -0.3 is 0 Å². The third-order valence-electron chi connectivity index (χ3n) is 3.69. The normalized spacial score (nSPS) is 14.0. The first-order chi connectivity index (χ1) is 11.1. The number of hydrogen-bond acceptors (Lipinski definition) is 5. The van der Waals surface area contributed by atoms with Crippen molar-refractivity contribution in [2.24, 2.45) is 0 Å². The molecule has 0 bridgehead atoms. The molecule has 0 unspecified atom stereocenters. The van der Waals surface area contributed by atoms with Crippen molar-refractivity contribution in [2.45, 2.75) is 45.3 Å². The van der Waals surface area contributed by atoms with Gasteiger partial charge in [-0.25, -0.2) is 9.59 Å². The van der Waals surface area contributed by atoms with E-state index in [2.05, 4.69) is 10.4 Å². The maximum absolute atomic E-state index is 12.4. The fraction of sp³-hybridized carbons (Fsp3) is 0.467. The lowest BCUT2D eigenvalue weighted by Crippen LogP contribution is -2.44. The minimum atomic E-state index is -0.631. The summed E-state index contributed by atoms with van der Waals surface area (Å²) < 4.78 is 1.25. The van der Waals surface area contributed by atoms with Gasteiger partial charge >= 0.3 is 11.8 Å². The van der Waals surface area contributed by atoms with Crippen LogP contribution in [-0.2, 0) is 6.54 Å². The zero-order chi connectivity index (χ0) is 16.4. The van der Waals surface area contributed by atoms with Crippen molar-refractivity contribution in [3.05, 3.63) is 46.4 Å². The first kappa shape index (κ1) is 15.3. The van der Waals surface area contributed by atoms with Gasteiger partial charge in [-0.2, -0.15) is 4.68 Å². The molecule has 1 heterocycles. The van der Waals surface area contributed by atoms with E-state index < -0.39 is 11.8 Å². The topological polar surface area (TPSA) is 82.2 Å². The molecule has 8 heteroatoms. The lowest BCUT2D eigenvalue weighted by atomic mass is 10.2. The lowest BCUT2D eigenvalue weighted by Gasteiger charge is -2.24. The Bertz CT molecular complexity index is 733.